The van der Waals surface area contributed by atoms with E-state index in [4.69, 9.17) is 0 Å². The SMILES string of the molecule is CC1=NC2=C(C=C(Br)C=C=CC2)C1(C)C. The third-order valence-electron chi connectivity index (χ3n) is 3.11. The Balaban J connectivity index is 2.54. The van der Waals surface area contributed by atoms with Gasteiger partial charge in [0.25, 0.3) is 0 Å². The number of hydrogen-bond donors (Lipinski definition) is 0. The molecular formula is C13H14BrN. The molecule has 0 aromatic rings. The first-order valence-corrected chi connectivity index (χ1v) is 5.88. The number of halogens is 1. The molecule has 0 radical (unpaired) electrons. The van der Waals surface area contributed by atoms with Gasteiger partial charge >= 0.3 is 0 Å². The maximum atomic E-state index is 4.65. The number of nitrogens with zero attached hydrogens (tertiary/aromatic N) is 1. The zero-order chi connectivity index (χ0) is 11.1. The van der Waals surface area contributed by atoms with Crippen molar-refractivity contribution in [1.82, 2.24) is 0 Å². The molecule has 15 heavy (non-hydrogen) atoms. The number of rotatable bonds is 0. The quantitative estimate of drug-likeness (QED) is 0.583. The summed E-state index contributed by atoms with van der Waals surface area (Å²) in [6.07, 6.45) is 7.02. The largest absolute Gasteiger partial charge is 0.261 e. The summed E-state index contributed by atoms with van der Waals surface area (Å²) in [5, 5.41) is 0. The van der Waals surface area contributed by atoms with Crippen LogP contribution in [0, 0.1) is 5.41 Å². The predicted molar refractivity (Wildman–Crippen MR) is 68.2 cm³/mol. The van der Waals surface area contributed by atoms with E-state index in [1.54, 1.807) is 0 Å². The van der Waals surface area contributed by atoms with Crippen molar-refractivity contribution in [2.24, 2.45) is 10.4 Å². The lowest BCUT2D eigenvalue weighted by atomic mass is 9.80. The van der Waals surface area contributed by atoms with E-state index < -0.39 is 0 Å². The molecule has 0 atom stereocenters. The lowest BCUT2D eigenvalue weighted by Crippen LogP contribution is -2.19. The number of allylic oxidation sites excluding steroid dienone is 4. The Kier molecular flexibility index (Phi) is 2.57. The highest BCUT2D eigenvalue weighted by molar-refractivity contribution is 9.11. The Morgan fingerprint density at radius 1 is 1.47 bits per heavy atom. The molecule has 0 saturated carbocycles. The highest BCUT2D eigenvalue weighted by Gasteiger charge is 2.33. The van der Waals surface area contributed by atoms with Gasteiger partial charge in [-0.25, -0.2) is 0 Å². The molecule has 0 saturated heterocycles. The van der Waals surface area contributed by atoms with Crippen LogP contribution in [0.3, 0.4) is 0 Å². The first-order valence-electron chi connectivity index (χ1n) is 5.09. The van der Waals surface area contributed by atoms with E-state index >= 15 is 0 Å². The molecule has 0 unspecified atom stereocenters. The molecule has 1 aliphatic heterocycles. The fourth-order valence-corrected chi connectivity index (χ4v) is 2.21. The van der Waals surface area contributed by atoms with Gasteiger partial charge in [0.1, 0.15) is 0 Å². The van der Waals surface area contributed by atoms with Gasteiger partial charge in [0.15, 0.2) is 0 Å². The second-order valence-electron chi connectivity index (χ2n) is 4.43. The topological polar surface area (TPSA) is 12.4 Å². The molecule has 0 aromatic heterocycles. The molecule has 0 spiro atoms. The van der Waals surface area contributed by atoms with Gasteiger partial charge in [0, 0.05) is 27.7 Å². The summed E-state index contributed by atoms with van der Waals surface area (Å²) in [7, 11) is 0. The van der Waals surface area contributed by atoms with Crippen molar-refractivity contribution < 1.29 is 0 Å². The summed E-state index contributed by atoms with van der Waals surface area (Å²) < 4.78 is 1.06. The van der Waals surface area contributed by atoms with E-state index in [1.807, 2.05) is 12.2 Å². The molecule has 1 nitrogen and oxygen atoms in total. The van der Waals surface area contributed by atoms with Crippen molar-refractivity contribution in [1.29, 1.82) is 0 Å². The summed E-state index contributed by atoms with van der Waals surface area (Å²) in [6.45, 7) is 6.55. The molecule has 0 bridgehead atoms. The van der Waals surface area contributed by atoms with Crippen LogP contribution in [0.4, 0.5) is 0 Å². The molecule has 0 aromatic carbocycles. The van der Waals surface area contributed by atoms with E-state index in [0.717, 1.165) is 10.9 Å². The van der Waals surface area contributed by atoms with E-state index in [-0.39, 0.29) is 5.41 Å². The van der Waals surface area contributed by atoms with Crippen LogP contribution in [-0.4, -0.2) is 5.71 Å². The van der Waals surface area contributed by atoms with Crippen LogP contribution in [0.2, 0.25) is 0 Å². The summed E-state index contributed by atoms with van der Waals surface area (Å²) in [6, 6.07) is 0. The molecule has 0 N–H and O–H groups in total. The average Bonchev–Trinajstić information content (AvgIpc) is 2.33. The van der Waals surface area contributed by atoms with Crippen LogP contribution in [0.25, 0.3) is 0 Å². The van der Waals surface area contributed by atoms with Gasteiger partial charge in [0.05, 0.1) is 0 Å². The number of aliphatic imine (C=N–C) groups is 1. The Morgan fingerprint density at radius 3 is 2.93 bits per heavy atom. The third-order valence-corrected chi connectivity index (χ3v) is 3.57. The molecule has 2 heteroatoms. The van der Waals surface area contributed by atoms with E-state index in [0.29, 0.717) is 0 Å². The maximum Gasteiger partial charge on any atom is 0.0488 e. The molecule has 78 valence electrons. The van der Waals surface area contributed by atoms with Crippen molar-refractivity contribution in [2.75, 3.05) is 0 Å². The first-order chi connectivity index (χ1) is 7.01. The van der Waals surface area contributed by atoms with Crippen molar-refractivity contribution in [3.63, 3.8) is 0 Å². The average molecular weight is 264 g/mol. The molecule has 1 aliphatic carbocycles. The van der Waals surface area contributed by atoms with Crippen LogP contribution in [0.1, 0.15) is 27.2 Å². The van der Waals surface area contributed by atoms with E-state index in [9.17, 15) is 0 Å². The fraction of sp³-hybridized carbons (Fsp3) is 0.385. The lowest BCUT2D eigenvalue weighted by molar-refractivity contribution is 0.650. The van der Waals surface area contributed by atoms with Crippen LogP contribution >= 0.6 is 15.9 Å². The predicted octanol–water partition coefficient (Wildman–Crippen LogP) is 4.14. The second-order valence-corrected chi connectivity index (χ2v) is 5.35. The highest BCUT2D eigenvalue weighted by atomic mass is 79.9. The molecule has 0 amide bonds. The molecule has 2 rings (SSSR count). The smallest absolute Gasteiger partial charge is 0.0488 e. The van der Waals surface area contributed by atoms with Gasteiger partial charge in [-0.1, -0.05) is 29.8 Å². The van der Waals surface area contributed by atoms with Gasteiger partial charge < -0.3 is 0 Å². The zero-order valence-electron chi connectivity index (χ0n) is 9.26. The number of hydrogen-bond acceptors (Lipinski definition) is 1. The van der Waals surface area contributed by atoms with Gasteiger partial charge in [-0.2, -0.15) is 0 Å². The first kappa shape index (κ1) is 10.7. The molecular weight excluding hydrogens is 250 g/mol. The molecule has 1 heterocycles. The van der Waals surface area contributed by atoms with Crippen molar-refractivity contribution >= 4 is 21.6 Å². The van der Waals surface area contributed by atoms with Crippen molar-refractivity contribution in [3.05, 3.63) is 39.7 Å². The van der Waals surface area contributed by atoms with Crippen LogP contribution in [0.5, 0.6) is 0 Å². The summed E-state index contributed by atoms with van der Waals surface area (Å²) in [5.41, 5.74) is 6.88. The van der Waals surface area contributed by atoms with Gasteiger partial charge in [-0.05, 0) is 30.7 Å². The Bertz CT molecular complexity index is 455. The summed E-state index contributed by atoms with van der Waals surface area (Å²) in [4.78, 5) is 4.65. The minimum Gasteiger partial charge on any atom is -0.261 e. The third kappa shape index (κ3) is 1.80. The maximum absolute atomic E-state index is 4.65. The van der Waals surface area contributed by atoms with Crippen molar-refractivity contribution in [2.45, 2.75) is 27.2 Å². The van der Waals surface area contributed by atoms with Gasteiger partial charge in [-0.3, -0.25) is 4.99 Å². The zero-order valence-corrected chi connectivity index (χ0v) is 10.9. The second kappa shape index (κ2) is 3.62. The minimum atomic E-state index is 0.0629. The molecule has 0 fully saturated rings. The molecule has 2 aliphatic rings. The van der Waals surface area contributed by atoms with Gasteiger partial charge in [0.2, 0.25) is 0 Å². The fourth-order valence-electron chi connectivity index (χ4n) is 1.85. The van der Waals surface area contributed by atoms with E-state index in [2.05, 4.69) is 53.5 Å². The van der Waals surface area contributed by atoms with Crippen LogP contribution < -0.4 is 0 Å². The monoisotopic (exact) mass is 263 g/mol. The van der Waals surface area contributed by atoms with E-state index in [1.165, 1.54) is 17.0 Å². The van der Waals surface area contributed by atoms with Crippen molar-refractivity contribution in [3.8, 4) is 0 Å². The minimum absolute atomic E-state index is 0.0629. The highest BCUT2D eigenvalue weighted by Crippen LogP contribution is 2.40. The van der Waals surface area contributed by atoms with Crippen LogP contribution in [-0.2, 0) is 0 Å². The lowest BCUT2D eigenvalue weighted by Gasteiger charge is -2.21. The van der Waals surface area contributed by atoms with Crippen LogP contribution in [0.15, 0.2) is 44.7 Å². The normalized spacial score (nSPS) is 23.2. The van der Waals surface area contributed by atoms with Gasteiger partial charge in [-0.15, -0.1) is 5.73 Å². The Hall–Kier alpha value is -0.850. The summed E-state index contributed by atoms with van der Waals surface area (Å²) >= 11 is 3.52. The Morgan fingerprint density at radius 2 is 2.20 bits per heavy atom. The standard InChI is InChI=1S/C13H14BrN/c1-9-13(2,3)11-8-10(14)6-4-5-7-12(11)15-9/h5-6,8H,7H2,1-3H3. The summed E-state index contributed by atoms with van der Waals surface area (Å²) in [5.74, 6) is 0. The Labute approximate surface area is 99.1 Å².